The van der Waals surface area contributed by atoms with Crippen molar-refractivity contribution in [2.75, 3.05) is 0 Å². The molecule has 0 bridgehead atoms. The minimum atomic E-state index is 1.10. The van der Waals surface area contributed by atoms with E-state index in [4.69, 9.17) is 0 Å². The van der Waals surface area contributed by atoms with Crippen LogP contribution in [-0.4, -0.2) is 0 Å². The molecule has 0 unspecified atom stereocenters. The average molecular weight is 517 g/mol. The van der Waals surface area contributed by atoms with Crippen LogP contribution in [0.2, 0.25) is 0 Å². The van der Waals surface area contributed by atoms with Crippen LogP contribution >= 0.6 is 23.1 Å². The zero-order valence-corrected chi connectivity index (χ0v) is 23.1. The molecular formula is C35H32S2. The van der Waals surface area contributed by atoms with Gasteiger partial charge in [-0.15, -0.1) is 11.3 Å². The third-order valence-electron chi connectivity index (χ3n) is 7.37. The molecule has 0 spiro atoms. The van der Waals surface area contributed by atoms with Crippen molar-refractivity contribution in [1.29, 1.82) is 0 Å². The lowest BCUT2D eigenvalue weighted by atomic mass is 9.87. The first-order chi connectivity index (χ1) is 18.2. The largest absolute Gasteiger partial charge is 0.135 e. The van der Waals surface area contributed by atoms with Crippen molar-refractivity contribution >= 4 is 62.1 Å². The molecule has 0 atom stereocenters. The molecule has 0 saturated heterocycles. The molecule has 0 radical (unpaired) electrons. The summed E-state index contributed by atoms with van der Waals surface area (Å²) >= 11 is 3.81. The number of fused-ring (bicyclic) bond motifs is 2. The van der Waals surface area contributed by atoms with Gasteiger partial charge in [-0.3, -0.25) is 0 Å². The molecule has 0 amide bonds. The Morgan fingerprint density at radius 1 is 0.892 bits per heavy atom. The molecule has 1 heterocycles. The van der Waals surface area contributed by atoms with Crippen LogP contribution in [0.4, 0.5) is 0 Å². The number of thioether (sulfide) groups is 1. The highest BCUT2D eigenvalue weighted by Crippen LogP contribution is 2.42. The van der Waals surface area contributed by atoms with E-state index in [1.54, 1.807) is 0 Å². The molecule has 37 heavy (non-hydrogen) atoms. The fourth-order valence-electron chi connectivity index (χ4n) is 5.66. The van der Waals surface area contributed by atoms with Crippen LogP contribution in [0.3, 0.4) is 0 Å². The van der Waals surface area contributed by atoms with Crippen LogP contribution in [0.25, 0.3) is 39.0 Å². The topological polar surface area (TPSA) is 0 Å². The van der Waals surface area contributed by atoms with Crippen molar-refractivity contribution < 1.29 is 0 Å². The highest BCUT2D eigenvalue weighted by atomic mass is 32.2. The quantitative estimate of drug-likeness (QED) is 0.232. The molecule has 2 heteroatoms. The average Bonchev–Trinajstić information content (AvgIpc) is 3.43. The van der Waals surface area contributed by atoms with Gasteiger partial charge in [0.2, 0.25) is 0 Å². The monoisotopic (exact) mass is 516 g/mol. The highest BCUT2D eigenvalue weighted by molar-refractivity contribution is 8.08. The van der Waals surface area contributed by atoms with E-state index >= 15 is 0 Å². The van der Waals surface area contributed by atoms with E-state index in [-0.39, 0.29) is 0 Å². The molecule has 0 N–H and O–H groups in total. The summed E-state index contributed by atoms with van der Waals surface area (Å²) in [7, 11) is 0. The van der Waals surface area contributed by atoms with Gasteiger partial charge < -0.3 is 0 Å². The fraction of sp³-hybridized carbons (Fsp3) is 0.200. The summed E-state index contributed by atoms with van der Waals surface area (Å²) in [6, 6.07) is 13.6. The Bertz CT molecular complexity index is 1660. The standard InChI is InChI=1S/C35H32S2/c1-3-12-32(33-22-21-31(36-33)25-14-5-4-6-15-25)37-35-29-19-9-7-17-27(29)34(26-16-11-13-24(2)23-26)28-18-8-10-20-30(28)35/h3-5,7,9,12-14,17-23H,1,6,8,10-11,15-16H2,2H3/b32-12-. The fourth-order valence-corrected chi connectivity index (χ4v) is 8.04. The summed E-state index contributed by atoms with van der Waals surface area (Å²) in [6.07, 6.45) is 27.3. The summed E-state index contributed by atoms with van der Waals surface area (Å²) in [6.45, 7) is 6.30. The zero-order chi connectivity index (χ0) is 25.2. The number of allylic oxidation sites excluding steroid dienone is 10. The van der Waals surface area contributed by atoms with Gasteiger partial charge in [0.1, 0.15) is 0 Å². The third kappa shape index (κ3) is 4.81. The Morgan fingerprint density at radius 3 is 2.49 bits per heavy atom. The van der Waals surface area contributed by atoms with E-state index in [1.807, 2.05) is 29.2 Å². The smallest absolute Gasteiger partial charge is 0.0416 e. The molecule has 184 valence electrons. The molecular weight excluding hydrogens is 485 g/mol. The molecule has 3 aliphatic carbocycles. The van der Waals surface area contributed by atoms with E-state index in [1.165, 1.54) is 63.0 Å². The Hall–Kier alpha value is -3.07. The van der Waals surface area contributed by atoms with Crippen LogP contribution in [0.15, 0.2) is 96.0 Å². The van der Waals surface area contributed by atoms with Gasteiger partial charge in [0.05, 0.1) is 0 Å². The Balaban J connectivity index is 1.51. The molecule has 6 rings (SSSR count). The van der Waals surface area contributed by atoms with Crippen molar-refractivity contribution in [3.05, 3.63) is 117 Å². The SMILES string of the molecule is C=C/C=C(\Sc1c2c(c(C3=CC(C)=CCC3)c3ccccc13)=CCCC=2)c1ccc(C2=CC=CCC2)s1. The van der Waals surface area contributed by atoms with Gasteiger partial charge in [0, 0.05) is 19.6 Å². The van der Waals surface area contributed by atoms with Crippen LogP contribution in [0, 0.1) is 0 Å². The normalized spacial score (nSPS) is 17.3. The number of rotatable bonds is 6. The lowest BCUT2D eigenvalue weighted by molar-refractivity contribution is 1.03. The predicted octanol–water partition coefficient (Wildman–Crippen LogP) is 9.43. The number of hydrogen-bond donors (Lipinski definition) is 0. The highest BCUT2D eigenvalue weighted by Gasteiger charge is 2.19. The van der Waals surface area contributed by atoms with Gasteiger partial charge >= 0.3 is 0 Å². The second-order valence-corrected chi connectivity index (χ2v) is 12.0. The van der Waals surface area contributed by atoms with Crippen molar-refractivity contribution in [2.24, 2.45) is 0 Å². The van der Waals surface area contributed by atoms with E-state index in [0.29, 0.717) is 0 Å². The van der Waals surface area contributed by atoms with E-state index in [2.05, 4.69) is 98.5 Å². The molecule has 3 aliphatic rings. The van der Waals surface area contributed by atoms with Crippen LogP contribution in [0.1, 0.15) is 60.8 Å². The minimum absolute atomic E-state index is 1.10. The van der Waals surface area contributed by atoms with Gasteiger partial charge in [-0.05, 0) is 102 Å². The van der Waals surface area contributed by atoms with Crippen molar-refractivity contribution in [2.45, 2.75) is 50.3 Å². The first-order valence-electron chi connectivity index (χ1n) is 13.3. The van der Waals surface area contributed by atoms with Gasteiger partial charge in [0.15, 0.2) is 0 Å². The van der Waals surface area contributed by atoms with Gasteiger partial charge in [-0.1, -0.05) is 96.8 Å². The van der Waals surface area contributed by atoms with Crippen molar-refractivity contribution in [3.63, 3.8) is 0 Å². The van der Waals surface area contributed by atoms with Gasteiger partial charge in [0.25, 0.3) is 0 Å². The predicted molar refractivity (Wildman–Crippen MR) is 167 cm³/mol. The summed E-state index contributed by atoms with van der Waals surface area (Å²) in [5.41, 5.74) is 5.76. The number of benzene rings is 2. The van der Waals surface area contributed by atoms with Crippen LogP contribution in [-0.2, 0) is 0 Å². The minimum Gasteiger partial charge on any atom is -0.135 e. The Kier molecular flexibility index (Phi) is 7.04. The Morgan fingerprint density at radius 2 is 1.70 bits per heavy atom. The molecule has 0 nitrogen and oxygen atoms in total. The molecule has 3 aromatic rings. The summed E-state index contributed by atoms with van der Waals surface area (Å²) < 4.78 is 0. The van der Waals surface area contributed by atoms with Crippen LogP contribution in [0.5, 0.6) is 0 Å². The first kappa shape index (κ1) is 24.3. The zero-order valence-electron chi connectivity index (χ0n) is 21.4. The maximum atomic E-state index is 4.06. The number of thiophene rings is 1. The van der Waals surface area contributed by atoms with E-state index in [9.17, 15) is 0 Å². The molecule has 0 aliphatic heterocycles. The summed E-state index contributed by atoms with van der Waals surface area (Å²) in [4.78, 5) is 5.34. The first-order valence-corrected chi connectivity index (χ1v) is 15.0. The van der Waals surface area contributed by atoms with Gasteiger partial charge in [-0.25, -0.2) is 0 Å². The Labute approximate surface area is 228 Å². The second kappa shape index (κ2) is 10.7. The maximum Gasteiger partial charge on any atom is 0.0416 e. The summed E-state index contributed by atoms with van der Waals surface area (Å²) in [5, 5.41) is 5.57. The third-order valence-corrected chi connectivity index (χ3v) is 9.92. The lowest BCUT2D eigenvalue weighted by Gasteiger charge is -2.20. The summed E-state index contributed by atoms with van der Waals surface area (Å²) in [5.74, 6) is 0. The number of hydrogen-bond acceptors (Lipinski definition) is 2. The second-order valence-electron chi connectivity index (χ2n) is 9.91. The van der Waals surface area contributed by atoms with Crippen molar-refractivity contribution in [3.8, 4) is 0 Å². The molecule has 2 aromatic carbocycles. The van der Waals surface area contributed by atoms with E-state index < -0.39 is 0 Å². The van der Waals surface area contributed by atoms with E-state index in [0.717, 1.165) is 38.5 Å². The molecule has 0 saturated carbocycles. The van der Waals surface area contributed by atoms with Crippen molar-refractivity contribution in [1.82, 2.24) is 0 Å². The maximum absolute atomic E-state index is 4.06. The van der Waals surface area contributed by atoms with Gasteiger partial charge in [-0.2, -0.15) is 0 Å². The lowest BCUT2D eigenvalue weighted by Crippen LogP contribution is -2.33. The van der Waals surface area contributed by atoms with Crippen LogP contribution < -0.4 is 10.4 Å². The molecule has 0 fully saturated rings. The molecule has 1 aromatic heterocycles.